The van der Waals surface area contributed by atoms with Crippen molar-refractivity contribution in [1.29, 1.82) is 0 Å². The Bertz CT molecular complexity index is 1640. The van der Waals surface area contributed by atoms with E-state index < -0.39 is 0 Å². The number of ether oxygens (including phenoxy) is 1. The van der Waals surface area contributed by atoms with Crippen molar-refractivity contribution >= 4 is 33.2 Å². The Morgan fingerprint density at radius 1 is 0.952 bits per heavy atom. The van der Waals surface area contributed by atoms with Crippen LogP contribution in [-0.2, 0) is 9.53 Å². The van der Waals surface area contributed by atoms with Gasteiger partial charge in [-0.2, -0.15) is 0 Å². The number of benzene rings is 1. The van der Waals surface area contributed by atoms with Gasteiger partial charge in [0.05, 0.1) is 17.3 Å². The summed E-state index contributed by atoms with van der Waals surface area (Å²) >= 11 is 0. The third kappa shape index (κ3) is 3.55. The summed E-state index contributed by atoms with van der Waals surface area (Å²) in [6, 6.07) is 11.2. The first-order valence-electron chi connectivity index (χ1n) is 16.6. The highest BCUT2D eigenvalue weighted by atomic mass is 16.6. The van der Waals surface area contributed by atoms with Crippen LogP contribution in [0.25, 0.3) is 27.4 Å². The van der Waals surface area contributed by atoms with Crippen LogP contribution in [0.5, 0.6) is 0 Å². The number of Topliss-reactive ketones (excluding diaryl/α,β-unsaturated/α-hetero) is 1. The van der Waals surface area contributed by atoms with E-state index in [9.17, 15) is 4.79 Å². The minimum Gasteiger partial charge on any atom is -0.353 e. The van der Waals surface area contributed by atoms with Crippen LogP contribution in [-0.4, -0.2) is 69.1 Å². The summed E-state index contributed by atoms with van der Waals surface area (Å²) < 4.78 is 7.53. The van der Waals surface area contributed by atoms with Gasteiger partial charge in [-0.25, -0.2) is 0 Å². The first kappa shape index (κ1) is 25.7. The third-order valence-corrected chi connectivity index (χ3v) is 11.9. The quantitative estimate of drug-likeness (QED) is 0.338. The van der Waals surface area contributed by atoms with Gasteiger partial charge in [-0.05, 0) is 101 Å². The fourth-order valence-corrected chi connectivity index (χ4v) is 10.5. The fraction of sp³-hybridized carbons (Fsp3) is 0.556. The molecule has 0 saturated carbocycles. The molecule has 6 aliphatic rings. The number of aromatic amines is 1. The van der Waals surface area contributed by atoms with E-state index in [1.54, 1.807) is 0 Å². The van der Waals surface area contributed by atoms with Crippen molar-refractivity contribution in [3.8, 4) is 0 Å². The minimum absolute atomic E-state index is 0.0988. The molecular weight excluding hydrogens is 520 g/mol. The average molecular weight is 563 g/mol. The number of carbonyl (C=O) groups is 1. The number of H-pyrrole nitrogens is 1. The Labute approximate surface area is 248 Å². The molecule has 6 heteroatoms. The number of para-hydroxylation sites is 1. The molecule has 1 spiro atoms. The summed E-state index contributed by atoms with van der Waals surface area (Å²) in [7, 11) is 0. The molecule has 7 heterocycles. The van der Waals surface area contributed by atoms with Gasteiger partial charge in [0.15, 0.2) is 0 Å². The highest BCUT2D eigenvalue weighted by Crippen LogP contribution is 2.70. The van der Waals surface area contributed by atoms with Crippen LogP contribution in [0.2, 0.25) is 0 Å². The molecule has 0 amide bonds. The molecule has 4 saturated heterocycles. The number of pyridine rings is 1. The number of aromatic nitrogens is 2. The Kier molecular flexibility index (Phi) is 5.71. The van der Waals surface area contributed by atoms with Crippen LogP contribution in [0, 0.1) is 11.3 Å². The molecule has 1 aromatic carbocycles. The van der Waals surface area contributed by atoms with E-state index in [4.69, 9.17) is 9.72 Å². The zero-order chi connectivity index (χ0) is 27.9. The summed E-state index contributed by atoms with van der Waals surface area (Å²) in [5.41, 5.74) is 4.28. The van der Waals surface area contributed by atoms with E-state index >= 15 is 0 Å². The summed E-state index contributed by atoms with van der Waals surface area (Å²) in [6.07, 6.45) is 20.5. The normalized spacial score (nSPS) is 39.2. The molecular formula is C36H42N4O2. The van der Waals surface area contributed by atoms with Gasteiger partial charge in [0.2, 0.25) is 0 Å². The molecule has 5 aliphatic heterocycles. The molecule has 218 valence electrons. The van der Waals surface area contributed by atoms with Gasteiger partial charge in [-0.3, -0.25) is 14.7 Å². The summed E-state index contributed by atoms with van der Waals surface area (Å²) in [5, 5.41) is 2.52. The zero-order valence-electron chi connectivity index (χ0n) is 24.6. The molecule has 42 heavy (non-hydrogen) atoms. The average Bonchev–Trinajstić information content (AvgIpc) is 3.58. The van der Waals surface area contributed by atoms with Gasteiger partial charge in [0.25, 0.3) is 0 Å². The number of ketones is 1. The number of carbonyl (C=O) groups excluding carboxylic acids is 1. The van der Waals surface area contributed by atoms with Gasteiger partial charge < -0.3 is 14.6 Å². The van der Waals surface area contributed by atoms with E-state index in [-0.39, 0.29) is 16.7 Å². The second-order valence-electron chi connectivity index (χ2n) is 14.1. The van der Waals surface area contributed by atoms with E-state index in [0.717, 1.165) is 69.4 Å². The number of nitrogens with one attached hydrogen (secondary N) is 1. The predicted molar refractivity (Wildman–Crippen MR) is 166 cm³/mol. The van der Waals surface area contributed by atoms with Crippen LogP contribution in [0.1, 0.15) is 76.3 Å². The largest absolute Gasteiger partial charge is 0.353 e. The van der Waals surface area contributed by atoms with E-state index in [0.29, 0.717) is 30.6 Å². The molecule has 1 N–H and O–H groups in total. The highest BCUT2D eigenvalue weighted by Gasteiger charge is 2.77. The second-order valence-corrected chi connectivity index (χ2v) is 14.1. The highest BCUT2D eigenvalue weighted by molar-refractivity contribution is 6.09. The van der Waals surface area contributed by atoms with Crippen LogP contribution in [0.15, 0.2) is 54.8 Å². The van der Waals surface area contributed by atoms with Crippen LogP contribution in [0.3, 0.4) is 0 Å². The predicted octanol–water partition coefficient (Wildman–Crippen LogP) is 6.62. The lowest BCUT2D eigenvalue weighted by Crippen LogP contribution is -2.65. The van der Waals surface area contributed by atoms with Crippen molar-refractivity contribution in [2.45, 2.75) is 88.0 Å². The van der Waals surface area contributed by atoms with Crippen molar-refractivity contribution in [3.63, 3.8) is 0 Å². The van der Waals surface area contributed by atoms with Crippen molar-refractivity contribution < 1.29 is 9.53 Å². The van der Waals surface area contributed by atoms with E-state index in [2.05, 4.69) is 63.3 Å². The van der Waals surface area contributed by atoms with E-state index in [1.807, 2.05) is 6.20 Å². The number of allylic oxidation sites excluding steroid dienone is 3. The Morgan fingerprint density at radius 2 is 1.88 bits per heavy atom. The Morgan fingerprint density at radius 3 is 2.86 bits per heavy atom. The SMILES string of the molecule is O=C1CCCN2C3[C@@]45CN6CCCC/C=C/CC[C@@]3(C=C(c3nccc7c3[nH]c3ccccc37)[C@@H]4CC6)O[C@]2(CC1)C5. The molecule has 6 atom stereocenters. The van der Waals surface area contributed by atoms with Crippen LogP contribution in [0.4, 0.5) is 0 Å². The molecule has 1 aliphatic carbocycles. The van der Waals surface area contributed by atoms with Gasteiger partial charge in [0.1, 0.15) is 17.1 Å². The molecule has 5 bridgehead atoms. The molecule has 9 rings (SSSR count). The number of hydrogen-bond acceptors (Lipinski definition) is 5. The van der Waals surface area contributed by atoms with Gasteiger partial charge in [-0.1, -0.05) is 30.4 Å². The van der Waals surface area contributed by atoms with Gasteiger partial charge in [0, 0.05) is 53.8 Å². The third-order valence-electron chi connectivity index (χ3n) is 11.9. The number of nitrogens with zero attached hydrogens (tertiary/aromatic N) is 3. The lowest BCUT2D eigenvalue weighted by molar-refractivity contribution is -0.180. The molecule has 2 aromatic heterocycles. The fourth-order valence-electron chi connectivity index (χ4n) is 10.5. The first-order valence-corrected chi connectivity index (χ1v) is 16.6. The zero-order valence-corrected chi connectivity index (χ0v) is 24.6. The Balaban J connectivity index is 1.27. The summed E-state index contributed by atoms with van der Waals surface area (Å²) in [4.78, 5) is 27.3. The Hall–Kier alpha value is -2.80. The maximum Gasteiger partial charge on any atom is 0.133 e. The molecule has 2 unspecified atom stereocenters. The first-order chi connectivity index (χ1) is 20.6. The number of fused-ring (bicyclic) bond motifs is 4. The lowest BCUT2D eigenvalue weighted by atomic mass is 9.53. The maximum atomic E-state index is 12.8. The van der Waals surface area contributed by atoms with E-state index in [1.165, 1.54) is 47.7 Å². The maximum absolute atomic E-state index is 12.8. The monoisotopic (exact) mass is 562 g/mol. The van der Waals surface area contributed by atoms with Crippen molar-refractivity contribution in [2.75, 3.05) is 26.2 Å². The van der Waals surface area contributed by atoms with Crippen LogP contribution < -0.4 is 0 Å². The van der Waals surface area contributed by atoms with Gasteiger partial charge >= 0.3 is 0 Å². The molecule has 3 aromatic rings. The summed E-state index contributed by atoms with van der Waals surface area (Å²) in [5.74, 6) is 0.850. The van der Waals surface area contributed by atoms with Crippen molar-refractivity contribution in [3.05, 3.63) is 60.5 Å². The standard InChI is InChI=1S/C36H42N4O2/c41-25-10-9-20-40-33-34-23-36(40,17-13-25)42-35(33)16-7-3-1-2-4-8-19-39(24-34)21-15-29(34)28(22-35)31-32-27(14-18-37-31)26-11-5-6-12-30(26)38-32/h1,3,5-6,11-12,14,18,22,29,33,38H,2,4,7-10,13,15-17,19-21,23-24H2/b3-1+/t29-,33?,34-,35-,36+/m0/s1. The smallest absolute Gasteiger partial charge is 0.133 e. The van der Waals surface area contributed by atoms with Crippen LogP contribution >= 0.6 is 0 Å². The second kappa shape index (κ2) is 9.35. The number of hydrogen-bond donors (Lipinski definition) is 1. The molecule has 4 fully saturated rings. The summed E-state index contributed by atoms with van der Waals surface area (Å²) in [6.45, 7) is 4.44. The van der Waals surface area contributed by atoms with Gasteiger partial charge in [-0.15, -0.1) is 0 Å². The lowest BCUT2D eigenvalue weighted by Gasteiger charge is -2.59. The topological polar surface area (TPSA) is 61.5 Å². The molecule has 6 nitrogen and oxygen atoms in total. The number of piperidine rings is 1. The number of rotatable bonds is 1. The minimum atomic E-state index is -0.366. The molecule has 0 radical (unpaired) electrons. The van der Waals surface area contributed by atoms with Crippen molar-refractivity contribution in [2.24, 2.45) is 11.3 Å². The van der Waals surface area contributed by atoms with Crippen molar-refractivity contribution in [1.82, 2.24) is 19.8 Å².